The highest BCUT2D eigenvalue weighted by molar-refractivity contribution is 5.86. The Kier molecular flexibility index (Phi) is 4.93. The number of rotatable bonds is 4. The van der Waals surface area contributed by atoms with Crippen molar-refractivity contribution >= 4 is 28.6 Å². The van der Waals surface area contributed by atoms with Crippen LogP contribution in [0, 0.1) is 0 Å². The number of nitrogens with zero attached hydrogens (tertiary/aromatic N) is 8. The summed E-state index contributed by atoms with van der Waals surface area (Å²) >= 11 is 0. The van der Waals surface area contributed by atoms with Crippen LogP contribution < -0.4 is 14.7 Å². The van der Waals surface area contributed by atoms with Gasteiger partial charge in [0.15, 0.2) is 17.0 Å². The molecule has 2 aliphatic rings. The van der Waals surface area contributed by atoms with E-state index in [1.165, 1.54) is 12.8 Å². The van der Waals surface area contributed by atoms with Gasteiger partial charge < -0.3 is 19.8 Å². The number of hydrogen-bond acceptors (Lipinski definition) is 8. The Balaban J connectivity index is 1.34. The summed E-state index contributed by atoms with van der Waals surface area (Å²) in [5.41, 5.74) is 3.72. The predicted octanol–water partition coefficient (Wildman–Crippen LogP) is 2.84. The molecule has 33 heavy (non-hydrogen) atoms. The summed E-state index contributed by atoms with van der Waals surface area (Å²) in [4.78, 5) is 25.9. The summed E-state index contributed by atoms with van der Waals surface area (Å²) in [6.07, 6.45) is 7.77. The van der Waals surface area contributed by atoms with Gasteiger partial charge in [-0.05, 0) is 49.2 Å². The molecule has 3 aromatic heterocycles. The van der Waals surface area contributed by atoms with Crippen LogP contribution in [0.1, 0.15) is 12.8 Å². The number of pyridine rings is 1. The highest BCUT2D eigenvalue weighted by atomic mass is 16.3. The van der Waals surface area contributed by atoms with Crippen LogP contribution in [0.4, 0.5) is 17.5 Å². The lowest BCUT2D eigenvalue weighted by Gasteiger charge is -2.36. The zero-order valence-electron chi connectivity index (χ0n) is 18.4. The molecule has 9 nitrogen and oxygen atoms in total. The fourth-order valence-electron chi connectivity index (χ4n) is 4.68. The molecule has 2 saturated heterocycles. The minimum Gasteiger partial charge on any atom is -0.508 e. The zero-order chi connectivity index (χ0) is 22.2. The molecule has 0 atom stereocenters. The molecule has 0 saturated carbocycles. The summed E-state index contributed by atoms with van der Waals surface area (Å²) in [6.45, 7) is 5.39. The van der Waals surface area contributed by atoms with Crippen molar-refractivity contribution in [2.24, 2.45) is 0 Å². The van der Waals surface area contributed by atoms with E-state index < -0.39 is 0 Å². The molecule has 0 unspecified atom stereocenters. The van der Waals surface area contributed by atoms with Gasteiger partial charge in [-0.3, -0.25) is 9.55 Å². The van der Waals surface area contributed by atoms with Crippen LogP contribution in [0.25, 0.3) is 16.9 Å². The molecule has 0 spiro atoms. The van der Waals surface area contributed by atoms with Crippen molar-refractivity contribution in [3.63, 3.8) is 0 Å². The number of anilines is 3. The number of hydrogen-bond donors (Lipinski definition) is 1. The van der Waals surface area contributed by atoms with Crippen molar-refractivity contribution in [1.29, 1.82) is 0 Å². The third kappa shape index (κ3) is 3.69. The monoisotopic (exact) mass is 442 g/mol. The van der Waals surface area contributed by atoms with Gasteiger partial charge in [0.2, 0.25) is 5.95 Å². The lowest BCUT2D eigenvalue weighted by molar-refractivity contribution is 0.475. The van der Waals surface area contributed by atoms with Crippen molar-refractivity contribution in [2.45, 2.75) is 12.8 Å². The highest BCUT2D eigenvalue weighted by Crippen LogP contribution is 2.30. The molecule has 1 N–H and O–H groups in total. The van der Waals surface area contributed by atoms with E-state index >= 15 is 0 Å². The van der Waals surface area contributed by atoms with E-state index in [4.69, 9.17) is 15.0 Å². The average molecular weight is 443 g/mol. The van der Waals surface area contributed by atoms with Crippen molar-refractivity contribution in [3.8, 4) is 11.4 Å². The fourth-order valence-corrected chi connectivity index (χ4v) is 4.68. The zero-order valence-corrected chi connectivity index (χ0v) is 18.4. The number of aromatic nitrogens is 5. The van der Waals surface area contributed by atoms with Crippen molar-refractivity contribution in [1.82, 2.24) is 24.5 Å². The Hall–Kier alpha value is -3.88. The van der Waals surface area contributed by atoms with Gasteiger partial charge in [0.1, 0.15) is 12.1 Å². The molecule has 2 aliphatic heterocycles. The number of imidazole rings is 1. The molecule has 5 heterocycles. The molecule has 0 aliphatic carbocycles. The van der Waals surface area contributed by atoms with E-state index in [1.54, 1.807) is 18.3 Å². The van der Waals surface area contributed by atoms with Crippen LogP contribution in [-0.4, -0.2) is 68.9 Å². The second-order valence-corrected chi connectivity index (χ2v) is 8.53. The molecule has 2 fully saturated rings. The number of phenols is 1. The van der Waals surface area contributed by atoms with Gasteiger partial charge in [-0.25, -0.2) is 4.98 Å². The van der Waals surface area contributed by atoms with Crippen LogP contribution in [-0.2, 0) is 0 Å². The minimum absolute atomic E-state index is 0.291. The largest absolute Gasteiger partial charge is 0.508 e. The molecule has 9 heteroatoms. The number of aromatic hydroxyl groups is 1. The maximum Gasteiger partial charge on any atom is 0.229 e. The Labute approximate surface area is 192 Å². The Morgan fingerprint density at radius 3 is 2.24 bits per heavy atom. The molecule has 0 bridgehead atoms. The smallest absolute Gasteiger partial charge is 0.229 e. The van der Waals surface area contributed by atoms with E-state index in [9.17, 15) is 5.11 Å². The first-order valence-corrected chi connectivity index (χ1v) is 11.5. The lowest BCUT2D eigenvalue weighted by Crippen LogP contribution is -2.47. The summed E-state index contributed by atoms with van der Waals surface area (Å²) in [5.74, 6) is 1.97. The van der Waals surface area contributed by atoms with Crippen LogP contribution >= 0.6 is 0 Å². The summed E-state index contributed by atoms with van der Waals surface area (Å²) in [5, 5.41) is 9.58. The molecule has 0 amide bonds. The van der Waals surface area contributed by atoms with E-state index in [-0.39, 0.29) is 0 Å². The number of benzene rings is 1. The minimum atomic E-state index is 0.291. The standard InChI is InChI=1S/C24H26N8O/c33-20-7-5-18(6-8-20)29-12-14-31(15-13-29)24-27-22(30-10-1-2-11-30)21-23(28-24)32(17-26-21)19-4-3-9-25-16-19/h3-9,16-17,33H,1-2,10-15H2. The van der Waals surface area contributed by atoms with Gasteiger partial charge in [-0.1, -0.05) is 0 Å². The first kappa shape index (κ1) is 19.8. The molecular weight excluding hydrogens is 416 g/mol. The second kappa shape index (κ2) is 8.23. The van der Waals surface area contributed by atoms with E-state index in [0.717, 1.165) is 73.6 Å². The number of phenolic OH excluding ortho intramolecular Hbond substituents is 1. The molecule has 1 aromatic carbocycles. The van der Waals surface area contributed by atoms with Crippen molar-refractivity contribution in [3.05, 3.63) is 55.1 Å². The van der Waals surface area contributed by atoms with Gasteiger partial charge in [-0.15, -0.1) is 0 Å². The van der Waals surface area contributed by atoms with E-state index in [1.807, 2.05) is 41.4 Å². The molecular formula is C24H26N8O. The molecule has 0 radical (unpaired) electrons. The van der Waals surface area contributed by atoms with Gasteiger partial charge in [0.25, 0.3) is 0 Å². The fraction of sp³-hybridized carbons (Fsp3) is 0.333. The van der Waals surface area contributed by atoms with Crippen molar-refractivity contribution < 1.29 is 5.11 Å². The molecule has 4 aromatic rings. The van der Waals surface area contributed by atoms with Gasteiger partial charge >= 0.3 is 0 Å². The first-order chi connectivity index (χ1) is 16.3. The SMILES string of the molecule is Oc1ccc(N2CCN(c3nc(N4CCCC4)c4ncn(-c5cccnc5)c4n3)CC2)cc1. The predicted molar refractivity (Wildman–Crippen MR) is 128 cm³/mol. The Bertz CT molecular complexity index is 1240. The second-order valence-electron chi connectivity index (χ2n) is 8.53. The third-order valence-corrected chi connectivity index (χ3v) is 6.47. The average Bonchev–Trinajstić information content (AvgIpc) is 3.55. The van der Waals surface area contributed by atoms with Crippen molar-refractivity contribution in [2.75, 3.05) is 54.0 Å². The van der Waals surface area contributed by atoms with Gasteiger partial charge in [-0.2, -0.15) is 9.97 Å². The topological polar surface area (TPSA) is 86.4 Å². The molecule has 168 valence electrons. The maximum atomic E-state index is 9.58. The Morgan fingerprint density at radius 1 is 0.758 bits per heavy atom. The normalized spacial score (nSPS) is 16.7. The van der Waals surface area contributed by atoms with Crippen LogP contribution in [0.5, 0.6) is 5.75 Å². The highest BCUT2D eigenvalue weighted by Gasteiger charge is 2.25. The van der Waals surface area contributed by atoms with Crippen LogP contribution in [0.15, 0.2) is 55.1 Å². The maximum absolute atomic E-state index is 9.58. The number of piperazine rings is 1. The number of fused-ring (bicyclic) bond motifs is 1. The third-order valence-electron chi connectivity index (χ3n) is 6.47. The summed E-state index contributed by atoms with van der Waals surface area (Å²) in [6, 6.07) is 11.3. The van der Waals surface area contributed by atoms with E-state index in [0.29, 0.717) is 5.75 Å². The first-order valence-electron chi connectivity index (χ1n) is 11.5. The van der Waals surface area contributed by atoms with Gasteiger partial charge in [0, 0.05) is 51.2 Å². The quantitative estimate of drug-likeness (QED) is 0.516. The van der Waals surface area contributed by atoms with E-state index in [2.05, 4.69) is 19.7 Å². The Morgan fingerprint density at radius 2 is 1.52 bits per heavy atom. The summed E-state index contributed by atoms with van der Waals surface area (Å²) in [7, 11) is 0. The summed E-state index contributed by atoms with van der Waals surface area (Å²) < 4.78 is 2.00. The lowest BCUT2D eigenvalue weighted by atomic mass is 10.2. The van der Waals surface area contributed by atoms with Crippen LogP contribution in [0.3, 0.4) is 0 Å². The van der Waals surface area contributed by atoms with Crippen LogP contribution in [0.2, 0.25) is 0 Å². The van der Waals surface area contributed by atoms with Gasteiger partial charge in [0.05, 0.1) is 11.9 Å². The molecule has 6 rings (SSSR count).